The molecule has 124 valence electrons. The predicted molar refractivity (Wildman–Crippen MR) is 88.8 cm³/mol. The van der Waals surface area contributed by atoms with Crippen LogP contribution in [0, 0.1) is 23.2 Å². The fourth-order valence-corrected chi connectivity index (χ4v) is 5.45. The Morgan fingerprint density at radius 3 is 2.39 bits per heavy atom. The van der Waals surface area contributed by atoms with Crippen molar-refractivity contribution in [1.82, 2.24) is 15.3 Å². The summed E-state index contributed by atoms with van der Waals surface area (Å²) < 4.78 is 0. The normalized spacial score (nSPS) is 34.4. The van der Waals surface area contributed by atoms with Crippen molar-refractivity contribution in [2.75, 3.05) is 19.0 Å². The number of nitrogens with zero attached hydrogens (tertiary/aromatic N) is 3. The molecule has 0 spiro atoms. The van der Waals surface area contributed by atoms with E-state index in [9.17, 15) is 4.79 Å². The molecule has 0 unspecified atom stereocenters. The minimum atomic E-state index is -0.0772. The van der Waals surface area contributed by atoms with Crippen LogP contribution in [-0.4, -0.2) is 30.0 Å². The quantitative estimate of drug-likeness (QED) is 0.927. The van der Waals surface area contributed by atoms with E-state index in [1.807, 2.05) is 25.1 Å². The van der Waals surface area contributed by atoms with Gasteiger partial charge in [0, 0.05) is 25.7 Å². The molecule has 1 N–H and O–H groups in total. The highest BCUT2D eigenvalue weighted by Gasteiger charge is 2.54. The number of hydrogen-bond donors (Lipinski definition) is 1. The van der Waals surface area contributed by atoms with E-state index in [0.29, 0.717) is 12.5 Å². The summed E-state index contributed by atoms with van der Waals surface area (Å²) in [7, 11) is 3.85. The molecule has 4 aliphatic rings. The van der Waals surface area contributed by atoms with E-state index in [-0.39, 0.29) is 11.3 Å². The molecule has 4 bridgehead atoms. The van der Waals surface area contributed by atoms with Crippen molar-refractivity contribution in [2.45, 2.75) is 45.1 Å². The third kappa shape index (κ3) is 2.70. The van der Waals surface area contributed by atoms with E-state index in [1.54, 1.807) is 6.20 Å². The molecule has 0 atom stereocenters. The number of aromatic nitrogens is 2. The van der Waals surface area contributed by atoms with Crippen LogP contribution in [0.2, 0.25) is 0 Å². The summed E-state index contributed by atoms with van der Waals surface area (Å²) in [5.41, 5.74) is 0.799. The van der Waals surface area contributed by atoms with E-state index in [2.05, 4.69) is 15.3 Å². The Balaban J connectivity index is 1.43. The lowest BCUT2D eigenvalue weighted by Gasteiger charge is -2.55. The molecule has 4 fully saturated rings. The summed E-state index contributed by atoms with van der Waals surface area (Å²) in [5, 5.41) is 3.17. The first-order valence-electron chi connectivity index (χ1n) is 8.82. The van der Waals surface area contributed by atoms with Gasteiger partial charge in [0.1, 0.15) is 0 Å². The number of nitrogens with one attached hydrogen (secondary N) is 1. The first kappa shape index (κ1) is 14.9. The second kappa shape index (κ2) is 5.46. The molecule has 5 rings (SSSR count). The minimum absolute atomic E-state index is 0.0772. The molecular formula is C18H26N4O. The van der Waals surface area contributed by atoms with Crippen LogP contribution in [0.4, 0.5) is 5.95 Å². The molecule has 1 aromatic heterocycles. The Morgan fingerprint density at radius 1 is 1.22 bits per heavy atom. The van der Waals surface area contributed by atoms with Crippen molar-refractivity contribution in [3.05, 3.63) is 18.0 Å². The van der Waals surface area contributed by atoms with Gasteiger partial charge in [0.2, 0.25) is 11.9 Å². The van der Waals surface area contributed by atoms with Crippen LogP contribution in [0.15, 0.2) is 12.3 Å². The molecule has 1 aromatic rings. The van der Waals surface area contributed by atoms with Crippen molar-refractivity contribution >= 4 is 11.9 Å². The van der Waals surface area contributed by atoms with Gasteiger partial charge in [-0.25, -0.2) is 9.97 Å². The molecule has 1 amide bonds. The van der Waals surface area contributed by atoms with E-state index in [0.717, 1.165) is 42.7 Å². The molecule has 5 nitrogen and oxygen atoms in total. The summed E-state index contributed by atoms with van der Waals surface area (Å²) in [4.78, 5) is 23.5. The van der Waals surface area contributed by atoms with Gasteiger partial charge in [-0.2, -0.15) is 0 Å². The standard InChI is InChI=1S/C18H26N4O/c1-22(2)17-19-4-3-15(21-17)11-20-16(23)18-8-12-5-13(9-18)7-14(6-12)10-18/h3-4,12-14H,5-11H2,1-2H3,(H,20,23). The summed E-state index contributed by atoms with van der Waals surface area (Å²) >= 11 is 0. The first-order chi connectivity index (χ1) is 11.0. The summed E-state index contributed by atoms with van der Waals surface area (Å²) in [6, 6.07) is 1.88. The summed E-state index contributed by atoms with van der Waals surface area (Å²) in [6.45, 7) is 0.504. The Bertz CT molecular complexity index is 578. The average molecular weight is 314 g/mol. The van der Waals surface area contributed by atoms with Gasteiger partial charge in [0.15, 0.2) is 0 Å². The Labute approximate surface area is 137 Å². The van der Waals surface area contributed by atoms with Crippen molar-refractivity contribution < 1.29 is 4.79 Å². The number of carbonyl (C=O) groups excluding carboxylic acids is 1. The zero-order valence-corrected chi connectivity index (χ0v) is 14.1. The van der Waals surface area contributed by atoms with Crippen LogP contribution in [0.3, 0.4) is 0 Å². The number of carbonyl (C=O) groups is 1. The van der Waals surface area contributed by atoms with Gasteiger partial charge in [-0.3, -0.25) is 4.79 Å². The Kier molecular flexibility index (Phi) is 3.54. The topological polar surface area (TPSA) is 58.1 Å². The summed E-state index contributed by atoms with van der Waals surface area (Å²) in [6.07, 6.45) is 9.18. The van der Waals surface area contributed by atoms with Gasteiger partial charge < -0.3 is 10.2 Å². The van der Waals surface area contributed by atoms with Gasteiger partial charge in [-0.15, -0.1) is 0 Å². The fourth-order valence-electron chi connectivity index (χ4n) is 5.45. The lowest BCUT2D eigenvalue weighted by atomic mass is 9.49. The number of amides is 1. The highest BCUT2D eigenvalue weighted by atomic mass is 16.2. The maximum atomic E-state index is 12.9. The molecule has 23 heavy (non-hydrogen) atoms. The second-order valence-corrected chi connectivity index (χ2v) is 8.12. The van der Waals surface area contributed by atoms with E-state index in [4.69, 9.17) is 0 Å². The Morgan fingerprint density at radius 2 is 1.83 bits per heavy atom. The third-order valence-electron chi connectivity index (χ3n) is 6.05. The molecule has 0 saturated heterocycles. The molecule has 0 aromatic carbocycles. The summed E-state index contributed by atoms with van der Waals surface area (Å²) in [5.74, 6) is 3.34. The van der Waals surface area contributed by atoms with Crippen LogP contribution < -0.4 is 10.2 Å². The highest BCUT2D eigenvalue weighted by Crippen LogP contribution is 2.60. The van der Waals surface area contributed by atoms with Crippen LogP contribution >= 0.6 is 0 Å². The maximum absolute atomic E-state index is 12.9. The van der Waals surface area contributed by atoms with Crippen LogP contribution in [0.5, 0.6) is 0 Å². The molecule has 5 heteroatoms. The monoisotopic (exact) mass is 314 g/mol. The van der Waals surface area contributed by atoms with Crippen LogP contribution in [-0.2, 0) is 11.3 Å². The van der Waals surface area contributed by atoms with E-state index < -0.39 is 0 Å². The molecule has 0 radical (unpaired) electrons. The maximum Gasteiger partial charge on any atom is 0.226 e. The number of hydrogen-bond acceptors (Lipinski definition) is 4. The Hall–Kier alpha value is -1.65. The van der Waals surface area contributed by atoms with Gasteiger partial charge in [-0.1, -0.05) is 0 Å². The van der Waals surface area contributed by atoms with Crippen LogP contribution in [0.25, 0.3) is 0 Å². The highest BCUT2D eigenvalue weighted by molar-refractivity contribution is 5.83. The number of anilines is 1. The fraction of sp³-hybridized carbons (Fsp3) is 0.722. The SMILES string of the molecule is CN(C)c1nccc(CNC(=O)C23CC4CC(CC(C4)C2)C3)n1. The molecular weight excluding hydrogens is 288 g/mol. The zero-order valence-electron chi connectivity index (χ0n) is 14.1. The first-order valence-corrected chi connectivity index (χ1v) is 8.82. The van der Waals surface area contributed by atoms with Crippen LogP contribution in [0.1, 0.15) is 44.2 Å². The van der Waals surface area contributed by atoms with Gasteiger partial charge in [0.05, 0.1) is 12.2 Å². The lowest BCUT2D eigenvalue weighted by Crippen LogP contribution is -2.53. The molecule has 4 aliphatic carbocycles. The van der Waals surface area contributed by atoms with Crippen molar-refractivity contribution in [3.8, 4) is 0 Å². The van der Waals surface area contributed by atoms with E-state index >= 15 is 0 Å². The third-order valence-corrected chi connectivity index (χ3v) is 6.05. The second-order valence-electron chi connectivity index (χ2n) is 8.12. The minimum Gasteiger partial charge on any atom is -0.350 e. The zero-order chi connectivity index (χ0) is 16.0. The lowest BCUT2D eigenvalue weighted by molar-refractivity contribution is -0.146. The largest absolute Gasteiger partial charge is 0.350 e. The molecule has 0 aliphatic heterocycles. The predicted octanol–water partition coefficient (Wildman–Crippen LogP) is 2.38. The molecule has 1 heterocycles. The molecule has 4 saturated carbocycles. The van der Waals surface area contributed by atoms with Crippen molar-refractivity contribution in [1.29, 1.82) is 0 Å². The van der Waals surface area contributed by atoms with E-state index in [1.165, 1.54) is 19.3 Å². The smallest absolute Gasteiger partial charge is 0.226 e. The van der Waals surface area contributed by atoms with Gasteiger partial charge in [0.25, 0.3) is 0 Å². The number of rotatable bonds is 4. The van der Waals surface area contributed by atoms with Crippen molar-refractivity contribution in [3.63, 3.8) is 0 Å². The average Bonchev–Trinajstić information content (AvgIpc) is 2.51. The van der Waals surface area contributed by atoms with Gasteiger partial charge in [-0.05, 0) is 62.3 Å². The van der Waals surface area contributed by atoms with Crippen molar-refractivity contribution in [2.24, 2.45) is 23.2 Å². The van der Waals surface area contributed by atoms with Gasteiger partial charge >= 0.3 is 0 Å².